The highest BCUT2D eigenvalue weighted by Crippen LogP contribution is 2.31. The first-order chi connectivity index (χ1) is 13.1. The average Bonchev–Trinajstić information content (AvgIpc) is 2.70. The van der Waals surface area contributed by atoms with E-state index in [9.17, 15) is 4.79 Å². The molecule has 0 saturated heterocycles. The Balaban J connectivity index is 1.56. The molecule has 3 rings (SSSR count). The van der Waals surface area contributed by atoms with E-state index < -0.39 is 0 Å². The van der Waals surface area contributed by atoms with Crippen LogP contribution in [-0.2, 0) is 11.3 Å². The molecule has 6 heteroatoms. The molecule has 0 fully saturated rings. The van der Waals surface area contributed by atoms with Crippen LogP contribution in [0.4, 0.5) is 0 Å². The number of ether oxygens (including phenoxy) is 2. The van der Waals surface area contributed by atoms with E-state index in [0.29, 0.717) is 31.3 Å². The maximum absolute atomic E-state index is 12.6. The SMILES string of the molecule is CCN(Cc1ccc2c(c1)OCCO2)C(=O)CNC(C)c1ccc(Cl)cc1. The molecular formula is C21H25ClN2O3. The van der Waals surface area contributed by atoms with E-state index >= 15 is 0 Å². The molecule has 2 aromatic carbocycles. The lowest BCUT2D eigenvalue weighted by atomic mass is 10.1. The van der Waals surface area contributed by atoms with Gasteiger partial charge in [0, 0.05) is 24.2 Å². The summed E-state index contributed by atoms with van der Waals surface area (Å²) in [5.74, 6) is 1.57. The molecule has 1 amide bonds. The normalized spacial score (nSPS) is 13.9. The largest absolute Gasteiger partial charge is 0.486 e. The molecule has 1 unspecified atom stereocenters. The van der Waals surface area contributed by atoms with Crippen molar-refractivity contribution in [2.24, 2.45) is 0 Å². The molecule has 1 N–H and O–H groups in total. The first kappa shape index (κ1) is 19.5. The van der Waals surface area contributed by atoms with Gasteiger partial charge in [-0.2, -0.15) is 0 Å². The molecule has 1 aliphatic heterocycles. The molecule has 1 heterocycles. The fourth-order valence-corrected chi connectivity index (χ4v) is 3.13. The monoisotopic (exact) mass is 388 g/mol. The molecule has 2 aromatic rings. The highest BCUT2D eigenvalue weighted by Gasteiger charge is 2.16. The second-order valence-corrected chi connectivity index (χ2v) is 6.98. The van der Waals surface area contributed by atoms with E-state index in [1.54, 1.807) is 0 Å². The summed E-state index contributed by atoms with van der Waals surface area (Å²) >= 11 is 5.93. The zero-order chi connectivity index (χ0) is 19.2. The summed E-state index contributed by atoms with van der Waals surface area (Å²) in [4.78, 5) is 14.5. The van der Waals surface area contributed by atoms with Crippen LogP contribution in [0.2, 0.25) is 5.02 Å². The first-order valence-electron chi connectivity index (χ1n) is 9.22. The van der Waals surface area contributed by atoms with Crippen LogP contribution in [0.15, 0.2) is 42.5 Å². The number of benzene rings is 2. The summed E-state index contributed by atoms with van der Waals surface area (Å²) in [6.07, 6.45) is 0. The number of nitrogens with zero attached hydrogens (tertiary/aromatic N) is 1. The Kier molecular flexibility index (Phi) is 6.58. The highest BCUT2D eigenvalue weighted by molar-refractivity contribution is 6.30. The fourth-order valence-electron chi connectivity index (χ4n) is 3.00. The lowest BCUT2D eigenvalue weighted by Crippen LogP contribution is -2.38. The van der Waals surface area contributed by atoms with Crippen molar-refractivity contribution < 1.29 is 14.3 Å². The Morgan fingerprint density at radius 3 is 2.56 bits per heavy atom. The number of nitrogens with one attached hydrogen (secondary N) is 1. The topological polar surface area (TPSA) is 50.8 Å². The molecule has 1 atom stereocenters. The number of carbonyl (C=O) groups is 1. The van der Waals surface area contributed by atoms with Gasteiger partial charge in [0.2, 0.25) is 5.91 Å². The van der Waals surface area contributed by atoms with Gasteiger partial charge in [-0.15, -0.1) is 0 Å². The molecule has 1 aliphatic rings. The van der Waals surface area contributed by atoms with E-state index in [2.05, 4.69) is 5.32 Å². The molecule has 0 spiro atoms. The van der Waals surface area contributed by atoms with Crippen LogP contribution in [0.5, 0.6) is 11.5 Å². The Morgan fingerprint density at radius 1 is 1.15 bits per heavy atom. The van der Waals surface area contributed by atoms with Gasteiger partial charge in [-0.05, 0) is 49.2 Å². The molecule has 0 radical (unpaired) electrons. The van der Waals surface area contributed by atoms with Gasteiger partial charge >= 0.3 is 0 Å². The number of likely N-dealkylation sites (N-methyl/N-ethyl adjacent to an activating group) is 1. The van der Waals surface area contributed by atoms with Crippen molar-refractivity contribution in [2.45, 2.75) is 26.4 Å². The predicted octanol–water partition coefficient (Wildman–Crippen LogP) is 3.81. The molecule has 0 saturated carbocycles. The van der Waals surface area contributed by atoms with E-state index in [-0.39, 0.29) is 18.5 Å². The van der Waals surface area contributed by atoms with E-state index in [1.165, 1.54) is 0 Å². The number of carbonyl (C=O) groups excluding carboxylic acids is 1. The van der Waals surface area contributed by atoms with Crippen molar-refractivity contribution in [1.29, 1.82) is 0 Å². The lowest BCUT2D eigenvalue weighted by Gasteiger charge is -2.24. The maximum atomic E-state index is 12.6. The molecule has 0 aromatic heterocycles. The van der Waals surface area contributed by atoms with E-state index in [0.717, 1.165) is 22.6 Å². The lowest BCUT2D eigenvalue weighted by molar-refractivity contribution is -0.130. The fraction of sp³-hybridized carbons (Fsp3) is 0.381. The number of fused-ring (bicyclic) bond motifs is 1. The Morgan fingerprint density at radius 2 is 1.85 bits per heavy atom. The summed E-state index contributed by atoms with van der Waals surface area (Å²) < 4.78 is 11.2. The minimum absolute atomic E-state index is 0.0632. The van der Waals surface area contributed by atoms with Gasteiger partial charge in [-0.3, -0.25) is 4.79 Å². The van der Waals surface area contributed by atoms with Gasteiger partial charge in [0.1, 0.15) is 13.2 Å². The smallest absolute Gasteiger partial charge is 0.236 e. The Labute approximate surface area is 165 Å². The average molecular weight is 389 g/mol. The third kappa shape index (κ3) is 5.15. The van der Waals surface area contributed by atoms with Crippen LogP contribution in [-0.4, -0.2) is 37.1 Å². The standard InChI is InChI=1S/C21H25ClN2O3/c1-3-24(14-16-4-9-19-20(12-16)27-11-10-26-19)21(25)13-23-15(2)17-5-7-18(22)8-6-17/h4-9,12,15,23H,3,10-11,13-14H2,1-2H3. The number of hydrogen-bond donors (Lipinski definition) is 1. The van der Waals surface area contributed by atoms with Crippen molar-refractivity contribution in [1.82, 2.24) is 10.2 Å². The van der Waals surface area contributed by atoms with Crippen LogP contribution in [0.25, 0.3) is 0 Å². The molecule has 27 heavy (non-hydrogen) atoms. The van der Waals surface area contributed by atoms with Crippen LogP contribution in [0.1, 0.15) is 31.0 Å². The number of hydrogen-bond acceptors (Lipinski definition) is 4. The second-order valence-electron chi connectivity index (χ2n) is 6.54. The van der Waals surface area contributed by atoms with Gasteiger partial charge in [0.05, 0.1) is 6.54 Å². The molecular weight excluding hydrogens is 364 g/mol. The quantitative estimate of drug-likeness (QED) is 0.783. The number of amides is 1. The minimum atomic E-state index is 0.0632. The predicted molar refractivity (Wildman–Crippen MR) is 106 cm³/mol. The summed E-state index contributed by atoms with van der Waals surface area (Å²) in [7, 11) is 0. The van der Waals surface area contributed by atoms with Crippen molar-refractivity contribution in [3.63, 3.8) is 0 Å². The molecule has 144 valence electrons. The van der Waals surface area contributed by atoms with E-state index in [4.69, 9.17) is 21.1 Å². The van der Waals surface area contributed by atoms with Crippen molar-refractivity contribution in [3.8, 4) is 11.5 Å². The van der Waals surface area contributed by atoms with Crippen molar-refractivity contribution in [3.05, 3.63) is 58.6 Å². The zero-order valence-corrected chi connectivity index (χ0v) is 16.5. The van der Waals surface area contributed by atoms with Gasteiger partial charge in [-0.25, -0.2) is 0 Å². The highest BCUT2D eigenvalue weighted by atomic mass is 35.5. The first-order valence-corrected chi connectivity index (χ1v) is 9.59. The zero-order valence-electron chi connectivity index (χ0n) is 15.7. The van der Waals surface area contributed by atoms with Crippen LogP contribution in [0.3, 0.4) is 0 Å². The maximum Gasteiger partial charge on any atom is 0.236 e. The minimum Gasteiger partial charge on any atom is -0.486 e. The van der Waals surface area contributed by atoms with E-state index in [1.807, 2.05) is 61.2 Å². The van der Waals surface area contributed by atoms with Crippen molar-refractivity contribution >= 4 is 17.5 Å². The summed E-state index contributed by atoms with van der Waals surface area (Å²) in [6.45, 7) is 6.62. The Hall–Kier alpha value is -2.24. The van der Waals surface area contributed by atoms with Crippen LogP contribution >= 0.6 is 11.6 Å². The van der Waals surface area contributed by atoms with Gasteiger partial charge in [0.15, 0.2) is 11.5 Å². The van der Waals surface area contributed by atoms with Crippen molar-refractivity contribution in [2.75, 3.05) is 26.3 Å². The molecule has 5 nitrogen and oxygen atoms in total. The summed E-state index contributed by atoms with van der Waals surface area (Å²) in [5.41, 5.74) is 2.13. The number of rotatable bonds is 7. The third-order valence-electron chi connectivity index (χ3n) is 4.64. The second kappa shape index (κ2) is 9.11. The molecule has 0 aliphatic carbocycles. The van der Waals surface area contributed by atoms with Crippen LogP contribution < -0.4 is 14.8 Å². The molecule has 0 bridgehead atoms. The van der Waals surface area contributed by atoms with Gasteiger partial charge in [0.25, 0.3) is 0 Å². The number of halogens is 1. The van der Waals surface area contributed by atoms with Crippen LogP contribution in [0, 0.1) is 0 Å². The summed E-state index contributed by atoms with van der Waals surface area (Å²) in [6, 6.07) is 13.6. The third-order valence-corrected chi connectivity index (χ3v) is 4.90. The Bertz CT molecular complexity index is 779. The summed E-state index contributed by atoms with van der Waals surface area (Å²) in [5, 5.41) is 4.00. The van der Waals surface area contributed by atoms with Gasteiger partial charge < -0.3 is 19.7 Å². The van der Waals surface area contributed by atoms with Gasteiger partial charge in [-0.1, -0.05) is 29.8 Å².